The summed E-state index contributed by atoms with van der Waals surface area (Å²) in [7, 11) is 0. The first-order chi connectivity index (χ1) is 14.3. The monoisotopic (exact) mass is 388 g/mol. The molecule has 0 aliphatic heterocycles. The minimum Gasteiger partial charge on any atom is -0.255 e. The summed E-state index contributed by atoms with van der Waals surface area (Å²) < 4.78 is 2.04. The Kier molecular flexibility index (Phi) is 5.69. The molecule has 0 bridgehead atoms. The van der Waals surface area contributed by atoms with Crippen molar-refractivity contribution in [2.75, 3.05) is 0 Å². The SMILES string of the molecule is CCCc1nc(CCC)n(Cc2ccc(-c3ncccc3-c3nn[nH]n3)cc2)n1. The van der Waals surface area contributed by atoms with Crippen molar-refractivity contribution < 1.29 is 0 Å². The fourth-order valence-corrected chi connectivity index (χ4v) is 3.32. The second kappa shape index (κ2) is 8.72. The van der Waals surface area contributed by atoms with Gasteiger partial charge in [-0.15, -0.1) is 10.2 Å². The fraction of sp³-hybridized carbons (Fsp3) is 0.333. The van der Waals surface area contributed by atoms with Gasteiger partial charge in [-0.25, -0.2) is 9.67 Å². The van der Waals surface area contributed by atoms with Gasteiger partial charge in [-0.05, 0) is 35.8 Å². The summed E-state index contributed by atoms with van der Waals surface area (Å²) in [6.45, 7) is 5.03. The molecular formula is C21H24N8. The van der Waals surface area contributed by atoms with E-state index in [4.69, 9.17) is 10.1 Å². The van der Waals surface area contributed by atoms with E-state index < -0.39 is 0 Å². The van der Waals surface area contributed by atoms with Crippen LogP contribution in [0.5, 0.6) is 0 Å². The predicted molar refractivity (Wildman–Crippen MR) is 110 cm³/mol. The number of H-pyrrole nitrogens is 1. The van der Waals surface area contributed by atoms with Crippen LogP contribution in [0.25, 0.3) is 22.6 Å². The highest BCUT2D eigenvalue weighted by molar-refractivity contribution is 5.76. The van der Waals surface area contributed by atoms with E-state index in [1.165, 1.54) is 5.56 Å². The molecule has 0 unspecified atom stereocenters. The van der Waals surface area contributed by atoms with Crippen LogP contribution < -0.4 is 0 Å². The third-order valence-corrected chi connectivity index (χ3v) is 4.69. The van der Waals surface area contributed by atoms with Gasteiger partial charge >= 0.3 is 0 Å². The molecule has 0 saturated heterocycles. The number of nitrogens with zero attached hydrogens (tertiary/aromatic N) is 7. The third-order valence-electron chi connectivity index (χ3n) is 4.69. The van der Waals surface area contributed by atoms with Crippen LogP contribution in [-0.2, 0) is 19.4 Å². The number of pyridine rings is 1. The van der Waals surface area contributed by atoms with Crippen LogP contribution in [0.4, 0.5) is 0 Å². The van der Waals surface area contributed by atoms with E-state index in [-0.39, 0.29) is 0 Å². The van der Waals surface area contributed by atoms with Crippen molar-refractivity contribution in [1.29, 1.82) is 0 Å². The Morgan fingerprint density at radius 3 is 2.55 bits per heavy atom. The number of nitrogens with one attached hydrogen (secondary N) is 1. The largest absolute Gasteiger partial charge is 0.255 e. The molecule has 3 aromatic heterocycles. The predicted octanol–water partition coefficient (Wildman–Crippen LogP) is 3.47. The molecule has 148 valence electrons. The van der Waals surface area contributed by atoms with Gasteiger partial charge in [-0.1, -0.05) is 38.1 Å². The van der Waals surface area contributed by atoms with Gasteiger partial charge in [-0.2, -0.15) is 10.3 Å². The van der Waals surface area contributed by atoms with Gasteiger partial charge < -0.3 is 0 Å². The van der Waals surface area contributed by atoms with Gasteiger partial charge in [0.25, 0.3) is 0 Å². The van der Waals surface area contributed by atoms with Gasteiger partial charge in [0.15, 0.2) is 5.82 Å². The highest BCUT2D eigenvalue weighted by Crippen LogP contribution is 2.27. The number of aryl methyl sites for hydroxylation is 2. The molecular weight excluding hydrogens is 364 g/mol. The number of hydrogen-bond acceptors (Lipinski definition) is 6. The molecule has 4 aromatic rings. The molecule has 1 aromatic carbocycles. The summed E-state index contributed by atoms with van der Waals surface area (Å²) in [5, 5.41) is 19.0. The average molecular weight is 388 g/mol. The Bertz CT molecular complexity index is 1050. The minimum atomic E-state index is 0.535. The normalized spacial score (nSPS) is 11.1. The van der Waals surface area contributed by atoms with Crippen LogP contribution in [0, 0.1) is 0 Å². The summed E-state index contributed by atoms with van der Waals surface area (Å²) in [5.41, 5.74) is 3.86. The van der Waals surface area contributed by atoms with E-state index in [0.717, 1.165) is 54.2 Å². The van der Waals surface area contributed by atoms with Gasteiger partial charge in [0.2, 0.25) is 5.82 Å². The Hall–Kier alpha value is -3.42. The summed E-state index contributed by atoms with van der Waals surface area (Å²) >= 11 is 0. The Morgan fingerprint density at radius 1 is 1.00 bits per heavy atom. The van der Waals surface area contributed by atoms with E-state index in [9.17, 15) is 0 Å². The van der Waals surface area contributed by atoms with Crippen LogP contribution in [0.2, 0.25) is 0 Å². The first-order valence-electron chi connectivity index (χ1n) is 9.99. The molecule has 8 heteroatoms. The van der Waals surface area contributed by atoms with Crippen molar-refractivity contribution in [2.24, 2.45) is 0 Å². The molecule has 0 amide bonds. The zero-order valence-corrected chi connectivity index (χ0v) is 16.7. The number of aromatic nitrogens is 8. The Balaban J connectivity index is 1.59. The van der Waals surface area contributed by atoms with Crippen LogP contribution in [0.15, 0.2) is 42.6 Å². The van der Waals surface area contributed by atoms with Crippen molar-refractivity contribution in [1.82, 2.24) is 40.4 Å². The second-order valence-corrected chi connectivity index (χ2v) is 6.93. The molecule has 4 rings (SSSR count). The fourth-order valence-electron chi connectivity index (χ4n) is 3.32. The Morgan fingerprint density at radius 2 is 1.83 bits per heavy atom. The average Bonchev–Trinajstić information content (AvgIpc) is 3.40. The first-order valence-corrected chi connectivity index (χ1v) is 9.99. The van der Waals surface area contributed by atoms with Crippen LogP contribution >= 0.6 is 0 Å². The van der Waals surface area contributed by atoms with Crippen molar-refractivity contribution in [2.45, 2.75) is 46.1 Å². The lowest BCUT2D eigenvalue weighted by Gasteiger charge is -2.08. The number of benzene rings is 1. The minimum absolute atomic E-state index is 0.535. The van der Waals surface area contributed by atoms with Crippen molar-refractivity contribution >= 4 is 0 Å². The molecule has 0 aliphatic rings. The number of aromatic amines is 1. The maximum absolute atomic E-state index is 4.71. The summed E-state index contributed by atoms with van der Waals surface area (Å²) in [5.74, 6) is 2.53. The van der Waals surface area contributed by atoms with Gasteiger partial charge in [-0.3, -0.25) is 4.98 Å². The molecule has 0 aliphatic carbocycles. The summed E-state index contributed by atoms with van der Waals surface area (Å²) in [4.78, 5) is 9.24. The number of tetrazole rings is 1. The molecule has 0 radical (unpaired) electrons. The lowest BCUT2D eigenvalue weighted by atomic mass is 10.0. The molecule has 3 heterocycles. The molecule has 0 atom stereocenters. The molecule has 0 spiro atoms. The highest BCUT2D eigenvalue weighted by Gasteiger charge is 2.13. The number of rotatable bonds is 8. The van der Waals surface area contributed by atoms with E-state index in [1.807, 2.05) is 16.8 Å². The summed E-state index contributed by atoms with van der Waals surface area (Å²) in [6.07, 6.45) is 5.74. The van der Waals surface area contributed by atoms with Crippen LogP contribution in [0.1, 0.15) is 43.9 Å². The van der Waals surface area contributed by atoms with Gasteiger partial charge in [0.05, 0.1) is 12.2 Å². The van der Waals surface area contributed by atoms with Crippen LogP contribution in [-0.4, -0.2) is 40.4 Å². The maximum atomic E-state index is 4.71. The third kappa shape index (κ3) is 4.21. The summed E-state index contributed by atoms with van der Waals surface area (Å²) in [6, 6.07) is 12.2. The molecule has 1 N–H and O–H groups in total. The molecule has 8 nitrogen and oxygen atoms in total. The quantitative estimate of drug-likeness (QED) is 0.496. The molecule has 0 fully saturated rings. The zero-order chi connectivity index (χ0) is 20.1. The van der Waals surface area contributed by atoms with Gasteiger partial charge in [0, 0.05) is 30.2 Å². The van der Waals surface area contributed by atoms with E-state index in [0.29, 0.717) is 12.4 Å². The van der Waals surface area contributed by atoms with E-state index in [2.05, 4.69) is 63.7 Å². The highest BCUT2D eigenvalue weighted by atomic mass is 15.5. The smallest absolute Gasteiger partial charge is 0.206 e. The lowest BCUT2D eigenvalue weighted by Crippen LogP contribution is -2.07. The number of hydrogen-bond donors (Lipinski definition) is 1. The maximum Gasteiger partial charge on any atom is 0.206 e. The second-order valence-electron chi connectivity index (χ2n) is 6.93. The van der Waals surface area contributed by atoms with Crippen LogP contribution in [0.3, 0.4) is 0 Å². The van der Waals surface area contributed by atoms with Crippen molar-refractivity contribution in [3.05, 3.63) is 59.8 Å². The Labute approximate surface area is 169 Å². The van der Waals surface area contributed by atoms with E-state index in [1.54, 1.807) is 6.20 Å². The standard InChI is InChI=1S/C21H24N8/c1-3-6-18-23-19(7-4-2)29(26-18)14-15-9-11-16(12-10-15)20-17(8-5-13-22-20)21-24-27-28-25-21/h5,8-13H,3-4,6-7,14H2,1-2H3,(H,24,25,27,28). The van der Waals surface area contributed by atoms with Crippen molar-refractivity contribution in [3.63, 3.8) is 0 Å². The van der Waals surface area contributed by atoms with E-state index >= 15 is 0 Å². The molecule has 0 saturated carbocycles. The van der Waals surface area contributed by atoms with Gasteiger partial charge in [0.1, 0.15) is 5.82 Å². The first kappa shape index (κ1) is 18.9. The topological polar surface area (TPSA) is 98.1 Å². The zero-order valence-electron chi connectivity index (χ0n) is 16.7. The lowest BCUT2D eigenvalue weighted by molar-refractivity contribution is 0.623. The van der Waals surface area contributed by atoms with Crippen molar-refractivity contribution in [3.8, 4) is 22.6 Å². The molecule has 29 heavy (non-hydrogen) atoms.